The predicted octanol–water partition coefficient (Wildman–Crippen LogP) is 4.72. The van der Waals surface area contributed by atoms with Gasteiger partial charge < -0.3 is 0 Å². The molecule has 5 aliphatic rings. The molecule has 0 aromatic carbocycles. The molecular formula is C26H32N8S. The van der Waals surface area contributed by atoms with Crippen LogP contribution in [0.15, 0.2) is 12.7 Å². The van der Waals surface area contributed by atoms with Crippen molar-refractivity contribution in [3.8, 4) is 0 Å². The number of hydrogen-bond acceptors (Lipinski definition) is 7. The van der Waals surface area contributed by atoms with E-state index in [-0.39, 0.29) is 11.0 Å². The molecular weight excluding hydrogens is 456 g/mol. The number of nitrogens with zero attached hydrogens (tertiary/aromatic N) is 8. The molecule has 4 heterocycles. The van der Waals surface area contributed by atoms with Gasteiger partial charge in [0.1, 0.15) is 11.2 Å². The van der Waals surface area contributed by atoms with Gasteiger partial charge in [-0.05, 0) is 91.7 Å². The fraction of sp³-hybridized carbons (Fsp3) is 0.692. The summed E-state index contributed by atoms with van der Waals surface area (Å²) >= 11 is 1.88. The van der Waals surface area contributed by atoms with E-state index in [1.807, 2.05) is 27.0 Å². The van der Waals surface area contributed by atoms with Crippen molar-refractivity contribution < 1.29 is 0 Å². The van der Waals surface area contributed by atoms with Gasteiger partial charge in [-0.25, -0.2) is 14.5 Å². The van der Waals surface area contributed by atoms with Crippen LogP contribution in [-0.2, 0) is 23.8 Å². The van der Waals surface area contributed by atoms with Crippen LogP contribution in [0.25, 0.3) is 15.9 Å². The maximum atomic E-state index is 5.34. The maximum absolute atomic E-state index is 5.34. The highest BCUT2D eigenvalue weighted by Crippen LogP contribution is 2.64. The Balaban J connectivity index is 1.25. The van der Waals surface area contributed by atoms with E-state index >= 15 is 0 Å². The fourth-order valence-electron chi connectivity index (χ4n) is 8.63. The van der Waals surface area contributed by atoms with E-state index in [1.165, 1.54) is 41.5 Å². The lowest BCUT2D eigenvalue weighted by Crippen LogP contribution is -2.59. The fourth-order valence-corrected chi connectivity index (χ4v) is 9.89. The number of hydrogen-bond donors (Lipinski definition) is 0. The standard InChI is InChI=1S/C26H32N8S/c1-24(2,3)17-4-5-18-19(7-17)35-22-20(18)21-30-23(31-33(21)14-27-22)25-8-15-6-16(9-25)11-26(10-15,12-25)34-29-13-28-32-34/h13-17H,4-12H2,1-3H3/t15-,16-,17+,25?,26?/m0/s1. The SMILES string of the molecule is CC(C)(C)[C@@H]1CCc2c(sc3ncn4nc(C56C[C@@H]7C[C@@H](C5)CC(n5ncnn5)(C7)C6)nc4c23)C1. The zero-order valence-electron chi connectivity index (χ0n) is 20.7. The molecule has 9 heteroatoms. The molecule has 4 fully saturated rings. The zero-order valence-corrected chi connectivity index (χ0v) is 21.6. The molecule has 0 aliphatic heterocycles. The number of tetrazole rings is 1. The molecule has 3 atom stereocenters. The average molecular weight is 489 g/mol. The van der Waals surface area contributed by atoms with Gasteiger partial charge in [0.15, 0.2) is 17.8 Å². The molecule has 4 aromatic heterocycles. The summed E-state index contributed by atoms with van der Waals surface area (Å²) in [6, 6.07) is 0. The second-order valence-corrected chi connectivity index (χ2v) is 14.2. The van der Waals surface area contributed by atoms with Crippen LogP contribution >= 0.6 is 11.3 Å². The maximum Gasteiger partial charge on any atom is 0.167 e. The first-order chi connectivity index (χ1) is 16.8. The van der Waals surface area contributed by atoms with E-state index in [0.717, 1.165) is 54.3 Å². The molecule has 4 aromatic rings. The third-order valence-corrected chi connectivity index (χ3v) is 11.1. The molecule has 35 heavy (non-hydrogen) atoms. The second-order valence-electron chi connectivity index (χ2n) is 13.1. The van der Waals surface area contributed by atoms with E-state index in [4.69, 9.17) is 15.1 Å². The minimum atomic E-state index is -0.0326. The Morgan fingerprint density at radius 2 is 1.94 bits per heavy atom. The van der Waals surface area contributed by atoms with Crippen LogP contribution in [0.1, 0.15) is 82.0 Å². The normalized spacial score (nSPS) is 34.2. The number of aryl methyl sites for hydroxylation is 1. The average Bonchev–Trinajstić information content (AvgIpc) is 3.54. The van der Waals surface area contributed by atoms with Crippen LogP contribution in [0.2, 0.25) is 0 Å². The van der Waals surface area contributed by atoms with Gasteiger partial charge in [-0.15, -0.1) is 26.6 Å². The predicted molar refractivity (Wildman–Crippen MR) is 133 cm³/mol. The third-order valence-electron chi connectivity index (χ3n) is 9.89. The van der Waals surface area contributed by atoms with Crippen molar-refractivity contribution in [2.75, 3.05) is 0 Å². The van der Waals surface area contributed by atoms with Crippen molar-refractivity contribution >= 4 is 27.2 Å². The van der Waals surface area contributed by atoms with Gasteiger partial charge in [-0.2, -0.15) is 4.80 Å². The molecule has 0 spiro atoms. The smallest absolute Gasteiger partial charge is 0.167 e. The van der Waals surface area contributed by atoms with Crippen molar-refractivity contribution in [3.63, 3.8) is 0 Å². The minimum absolute atomic E-state index is 0.00344. The Kier molecular flexibility index (Phi) is 3.95. The van der Waals surface area contributed by atoms with E-state index < -0.39 is 0 Å². The lowest BCUT2D eigenvalue weighted by Gasteiger charge is -2.60. The van der Waals surface area contributed by atoms with Crippen molar-refractivity contribution in [1.29, 1.82) is 0 Å². The van der Waals surface area contributed by atoms with Gasteiger partial charge in [0.05, 0.1) is 10.9 Å². The molecule has 4 saturated carbocycles. The van der Waals surface area contributed by atoms with Crippen LogP contribution in [0, 0.1) is 23.2 Å². The molecule has 0 unspecified atom stereocenters. The van der Waals surface area contributed by atoms with Crippen LogP contribution in [0.4, 0.5) is 0 Å². The summed E-state index contributed by atoms with van der Waals surface area (Å²) in [5.74, 6) is 3.13. The van der Waals surface area contributed by atoms with Gasteiger partial charge >= 0.3 is 0 Å². The Hall–Kier alpha value is -2.42. The monoisotopic (exact) mass is 488 g/mol. The highest BCUT2D eigenvalue weighted by atomic mass is 32.1. The summed E-state index contributed by atoms with van der Waals surface area (Å²) in [7, 11) is 0. The van der Waals surface area contributed by atoms with Crippen molar-refractivity contribution in [2.45, 2.75) is 89.5 Å². The lowest BCUT2D eigenvalue weighted by molar-refractivity contribution is -0.0785. The molecule has 182 valence electrons. The molecule has 0 amide bonds. The lowest BCUT2D eigenvalue weighted by atomic mass is 9.46. The molecule has 0 saturated heterocycles. The summed E-state index contributed by atoms with van der Waals surface area (Å²) in [6.45, 7) is 7.14. The molecule has 0 N–H and O–H groups in total. The van der Waals surface area contributed by atoms with Gasteiger partial charge in [0.2, 0.25) is 0 Å². The van der Waals surface area contributed by atoms with Crippen LogP contribution in [0.3, 0.4) is 0 Å². The summed E-state index contributed by atoms with van der Waals surface area (Å²) in [4.78, 5) is 14.8. The van der Waals surface area contributed by atoms with Gasteiger partial charge in [0.25, 0.3) is 0 Å². The van der Waals surface area contributed by atoms with Crippen LogP contribution in [0.5, 0.6) is 0 Å². The van der Waals surface area contributed by atoms with Crippen molar-refractivity contribution in [1.82, 2.24) is 39.8 Å². The summed E-state index contributed by atoms with van der Waals surface area (Å²) in [6.07, 6.45) is 14.0. The first kappa shape index (κ1) is 20.7. The van der Waals surface area contributed by atoms with Gasteiger partial charge in [-0.3, -0.25) is 0 Å². The highest BCUT2D eigenvalue weighted by Gasteiger charge is 2.61. The van der Waals surface area contributed by atoms with E-state index in [0.29, 0.717) is 17.3 Å². The Labute approximate surface area is 208 Å². The summed E-state index contributed by atoms with van der Waals surface area (Å²) in [5.41, 5.74) is 2.81. The highest BCUT2D eigenvalue weighted by molar-refractivity contribution is 7.19. The van der Waals surface area contributed by atoms with Crippen molar-refractivity contribution in [2.24, 2.45) is 23.2 Å². The molecule has 9 rings (SSSR count). The topological polar surface area (TPSA) is 86.7 Å². The zero-order chi connectivity index (χ0) is 23.6. The Morgan fingerprint density at radius 3 is 2.69 bits per heavy atom. The quantitative estimate of drug-likeness (QED) is 0.406. The Morgan fingerprint density at radius 1 is 1.11 bits per heavy atom. The third kappa shape index (κ3) is 2.84. The number of fused-ring (bicyclic) bond motifs is 5. The van der Waals surface area contributed by atoms with E-state index in [9.17, 15) is 0 Å². The van der Waals surface area contributed by atoms with Crippen LogP contribution in [-0.4, -0.2) is 39.8 Å². The number of rotatable bonds is 2. The molecule has 0 radical (unpaired) electrons. The van der Waals surface area contributed by atoms with E-state index in [1.54, 1.807) is 6.33 Å². The number of thiophene rings is 1. The van der Waals surface area contributed by atoms with Crippen molar-refractivity contribution in [3.05, 3.63) is 28.9 Å². The van der Waals surface area contributed by atoms with Gasteiger partial charge in [-0.1, -0.05) is 20.8 Å². The molecule has 5 aliphatic carbocycles. The van der Waals surface area contributed by atoms with Crippen LogP contribution < -0.4 is 0 Å². The second kappa shape index (κ2) is 6.66. The summed E-state index contributed by atoms with van der Waals surface area (Å²) < 4.78 is 1.97. The molecule has 8 nitrogen and oxygen atoms in total. The molecule has 4 bridgehead atoms. The van der Waals surface area contributed by atoms with E-state index in [2.05, 4.69) is 36.2 Å². The minimum Gasteiger partial charge on any atom is -0.225 e. The number of aromatic nitrogens is 8. The Bertz CT molecular complexity index is 1440. The summed E-state index contributed by atoms with van der Waals surface area (Å²) in [5, 5.41) is 19.3. The first-order valence-electron chi connectivity index (χ1n) is 13.2. The van der Waals surface area contributed by atoms with Gasteiger partial charge in [0, 0.05) is 10.3 Å². The first-order valence-corrected chi connectivity index (χ1v) is 14.0. The largest absolute Gasteiger partial charge is 0.225 e.